The molecule has 1 atom stereocenters. The number of hydrogen-bond donors (Lipinski definition) is 1. The molecule has 0 aromatic heterocycles. The Labute approximate surface area is 243 Å². The van der Waals surface area contributed by atoms with Crippen molar-refractivity contribution in [2.24, 2.45) is 0 Å². The molecular weight excluding hydrogens is 542 g/mol. The van der Waals surface area contributed by atoms with Gasteiger partial charge in [-0.15, -0.1) is 0 Å². The average molecular weight is 582 g/mol. The zero-order valence-corrected chi connectivity index (χ0v) is 25.1. The Morgan fingerprint density at radius 2 is 1.63 bits per heavy atom. The van der Waals surface area contributed by atoms with E-state index in [1.165, 1.54) is 25.2 Å². The molecule has 3 aromatic carbocycles. The smallest absolute Gasteiger partial charge is 0.244 e. The van der Waals surface area contributed by atoms with Gasteiger partial charge in [-0.2, -0.15) is 0 Å². The number of anilines is 1. The Morgan fingerprint density at radius 3 is 2.24 bits per heavy atom. The second-order valence-electron chi connectivity index (χ2n) is 9.81. The van der Waals surface area contributed by atoms with Crippen molar-refractivity contribution in [3.63, 3.8) is 0 Å². The molecule has 0 fully saturated rings. The molecule has 9 nitrogen and oxygen atoms in total. The van der Waals surface area contributed by atoms with Gasteiger partial charge in [0.25, 0.3) is 0 Å². The van der Waals surface area contributed by atoms with Gasteiger partial charge in [-0.1, -0.05) is 67.1 Å². The number of aryl methyl sites for hydroxylation is 1. The van der Waals surface area contributed by atoms with Crippen molar-refractivity contribution in [2.75, 3.05) is 37.9 Å². The van der Waals surface area contributed by atoms with Crippen molar-refractivity contribution in [3.8, 4) is 11.5 Å². The van der Waals surface area contributed by atoms with Gasteiger partial charge in [-0.3, -0.25) is 13.9 Å². The van der Waals surface area contributed by atoms with Gasteiger partial charge >= 0.3 is 0 Å². The van der Waals surface area contributed by atoms with Crippen molar-refractivity contribution in [1.82, 2.24) is 10.2 Å². The molecule has 0 saturated heterocycles. The number of amides is 2. The summed E-state index contributed by atoms with van der Waals surface area (Å²) in [6, 6.07) is 20.9. The highest BCUT2D eigenvalue weighted by molar-refractivity contribution is 7.92. The summed E-state index contributed by atoms with van der Waals surface area (Å²) in [5, 5.41) is 2.93. The molecule has 3 aromatic rings. The number of methoxy groups -OCH3 is 2. The molecule has 41 heavy (non-hydrogen) atoms. The highest BCUT2D eigenvalue weighted by atomic mass is 32.2. The van der Waals surface area contributed by atoms with Crippen molar-refractivity contribution in [3.05, 3.63) is 89.5 Å². The summed E-state index contributed by atoms with van der Waals surface area (Å²) in [6.45, 7) is 3.95. The molecule has 0 spiro atoms. The van der Waals surface area contributed by atoms with Crippen LogP contribution in [0.2, 0.25) is 0 Å². The van der Waals surface area contributed by atoms with Gasteiger partial charge in [0.1, 0.15) is 24.1 Å². The molecule has 3 rings (SSSR count). The van der Waals surface area contributed by atoms with E-state index in [0.29, 0.717) is 12.3 Å². The third-order valence-electron chi connectivity index (χ3n) is 6.59. The van der Waals surface area contributed by atoms with Gasteiger partial charge in [-0.25, -0.2) is 8.42 Å². The summed E-state index contributed by atoms with van der Waals surface area (Å²) in [5.41, 5.74) is 2.90. The number of hydrogen-bond acceptors (Lipinski definition) is 6. The lowest BCUT2D eigenvalue weighted by molar-refractivity contribution is -0.140. The summed E-state index contributed by atoms with van der Waals surface area (Å²) in [6.07, 6.45) is 2.03. The number of rotatable bonds is 14. The van der Waals surface area contributed by atoms with Gasteiger partial charge < -0.3 is 19.7 Å². The first-order chi connectivity index (χ1) is 19.6. The third-order valence-corrected chi connectivity index (χ3v) is 7.72. The molecule has 0 unspecified atom stereocenters. The molecular formula is C31H39N3O6S. The molecule has 0 aliphatic carbocycles. The van der Waals surface area contributed by atoms with E-state index in [2.05, 4.69) is 5.32 Å². The number of carbonyl (C=O) groups excluding carboxylic acids is 2. The summed E-state index contributed by atoms with van der Waals surface area (Å²) < 4.78 is 37.8. The zero-order valence-electron chi connectivity index (χ0n) is 24.3. The number of nitrogens with one attached hydrogen (secondary N) is 1. The Balaban J connectivity index is 2.08. The zero-order chi connectivity index (χ0) is 30.0. The monoisotopic (exact) mass is 581 g/mol. The highest BCUT2D eigenvalue weighted by Crippen LogP contribution is 2.33. The van der Waals surface area contributed by atoms with Crippen molar-refractivity contribution in [2.45, 2.75) is 39.3 Å². The molecule has 220 valence electrons. The van der Waals surface area contributed by atoms with E-state index in [-0.39, 0.29) is 30.3 Å². The fraction of sp³-hybridized carbons (Fsp3) is 0.355. The van der Waals surface area contributed by atoms with E-state index in [1.54, 1.807) is 12.1 Å². The van der Waals surface area contributed by atoms with Crippen LogP contribution < -0.4 is 19.1 Å². The summed E-state index contributed by atoms with van der Waals surface area (Å²) in [5.74, 6) is -0.122. The van der Waals surface area contributed by atoms with Crippen molar-refractivity contribution in [1.29, 1.82) is 0 Å². The second kappa shape index (κ2) is 14.5. The molecule has 0 saturated carbocycles. The Hall–Kier alpha value is -4.05. The Morgan fingerprint density at radius 1 is 0.927 bits per heavy atom. The molecule has 0 radical (unpaired) electrons. The molecule has 0 bridgehead atoms. The number of carbonyl (C=O) groups is 2. The normalized spacial score (nSPS) is 11.8. The van der Waals surface area contributed by atoms with Crippen LogP contribution in [0.15, 0.2) is 72.8 Å². The van der Waals surface area contributed by atoms with Crippen LogP contribution in [-0.4, -0.2) is 64.7 Å². The minimum Gasteiger partial charge on any atom is -0.497 e. The van der Waals surface area contributed by atoms with Crippen LogP contribution in [0.5, 0.6) is 11.5 Å². The Kier molecular flexibility index (Phi) is 11.2. The summed E-state index contributed by atoms with van der Waals surface area (Å²) in [7, 11) is -1.03. The number of nitrogens with zero attached hydrogens (tertiary/aromatic N) is 2. The fourth-order valence-electron chi connectivity index (χ4n) is 4.51. The maximum Gasteiger partial charge on any atom is 0.244 e. The molecule has 2 amide bonds. The van der Waals surface area contributed by atoms with Gasteiger partial charge in [-0.05, 0) is 36.6 Å². The molecule has 10 heteroatoms. The number of benzene rings is 3. The standard InChI is InChI=1S/C31H39N3O6S/c1-6-17-32-31(36)28(19-24-12-8-7-9-13-24)33(21-25-14-10-11-23(2)18-25)30(35)22-34(41(5,37)38)27-16-15-26(39-3)20-29(27)40-4/h7-16,18,20,28H,6,17,19,21-22H2,1-5H3,(H,32,36)/t28-/m0/s1. The first-order valence-corrected chi connectivity index (χ1v) is 15.3. The average Bonchev–Trinajstić information content (AvgIpc) is 2.96. The summed E-state index contributed by atoms with van der Waals surface area (Å²) >= 11 is 0. The van der Waals surface area contributed by atoms with Crippen LogP contribution in [-0.2, 0) is 32.6 Å². The van der Waals surface area contributed by atoms with Crippen LogP contribution >= 0.6 is 0 Å². The third kappa shape index (κ3) is 8.72. The lowest BCUT2D eigenvalue weighted by Gasteiger charge is -2.33. The number of sulfonamides is 1. The summed E-state index contributed by atoms with van der Waals surface area (Å²) in [4.78, 5) is 29.2. The Bertz CT molecular complexity index is 1430. The van der Waals surface area contributed by atoms with Gasteiger partial charge in [0, 0.05) is 25.6 Å². The highest BCUT2D eigenvalue weighted by Gasteiger charge is 2.33. The largest absolute Gasteiger partial charge is 0.497 e. The van der Waals surface area contributed by atoms with E-state index in [9.17, 15) is 18.0 Å². The maximum atomic E-state index is 14.2. The second-order valence-corrected chi connectivity index (χ2v) is 11.7. The van der Waals surface area contributed by atoms with E-state index >= 15 is 0 Å². The van der Waals surface area contributed by atoms with Gasteiger partial charge in [0.05, 0.1) is 26.2 Å². The van der Waals surface area contributed by atoms with Crippen molar-refractivity contribution >= 4 is 27.5 Å². The van der Waals surface area contributed by atoms with E-state index < -0.39 is 28.5 Å². The van der Waals surface area contributed by atoms with Crippen LogP contribution in [0.3, 0.4) is 0 Å². The van der Waals surface area contributed by atoms with E-state index in [0.717, 1.165) is 33.7 Å². The molecule has 1 N–H and O–H groups in total. The fourth-order valence-corrected chi connectivity index (χ4v) is 5.37. The predicted molar refractivity (Wildman–Crippen MR) is 161 cm³/mol. The van der Waals surface area contributed by atoms with Crippen LogP contribution in [0.1, 0.15) is 30.0 Å². The molecule has 0 aliphatic heterocycles. The quantitative estimate of drug-likeness (QED) is 0.309. The lowest BCUT2D eigenvalue weighted by atomic mass is 10.0. The van der Waals surface area contributed by atoms with E-state index in [4.69, 9.17) is 9.47 Å². The first kappa shape index (κ1) is 31.5. The SMILES string of the molecule is CCCNC(=O)[C@H](Cc1ccccc1)N(Cc1cccc(C)c1)C(=O)CN(c1ccc(OC)cc1OC)S(C)(=O)=O. The topological polar surface area (TPSA) is 105 Å². The van der Waals surface area contributed by atoms with Crippen LogP contribution in [0.25, 0.3) is 0 Å². The van der Waals surface area contributed by atoms with Gasteiger partial charge in [0.2, 0.25) is 21.8 Å². The minimum absolute atomic E-state index is 0.120. The van der Waals surface area contributed by atoms with E-state index in [1.807, 2.05) is 68.4 Å². The van der Waals surface area contributed by atoms with Crippen LogP contribution in [0, 0.1) is 6.92 Å². The molecule has 0 heterocycles. The molecule has 0 aliphatic rings. The van der Waals surface area contributed by atoms with Crippen molar-refractivity contribution < 1.29 is 27.5 Å². The predicted octanol–water partition coefficient (Wildman–Crippen LogP) is 3.94. The minimum atomic E-state index is -3.93. The number of ether oxygens (including phenoxy) is 2. The maximum absolute atomic E-state index is 14.2. The first-order valence-electron chi connectivity index (χ1n) is 13.4. The van der Waals surface area contributed by atoms with Crippen LogP contribution in [0.4, 0.5) is 5.69 Å². The lowest BCUT2D eigenvalue weighted by Crippen LogP contribution is -2.53. The van der Waals surface area contributed by atoms with Gasteiger partial charge in [0.15, 0.2) is 0 Å².